The predicted molar refractivity (Wildman–Crippen MR) is 53.9 cm³/mol. The fourth-order valence-electron chi connectivity index (χ4n) is 0.952. The second-order valence-electron chi connectivity index (χ2n) is 3.08. The predicted octanol–water partition coefficient (Wildman–Crippen LogP) is 1.90. The van der Waals surface area contributed by atoms with Crippen molar-refractivity contribution >= 4 is 23.3 Å². The highest BCUT2D eigenvalue weighted by Crippen LogP contribution is 2.17. The summed E-state index contributed by atoms with van der Waals surface area (Å²) in [5.74, 6) is 1.60. The van der Waals surface area contributed by atoms with E-state index in [4.69, 9.17) is 11.6 Å². The van der Waals surface area contributed by atoms with E-state index in [1.54, 1.807) is 11.0 Å². The SMILES string of the molecule is CC(C)c1ncn(-c2nsnc2Cl)n1. The molecule has 0 aromatic carbocycles. The second-order valence-corrected chi connectivity index (χ2v) is 3.97. The van der Waals surface area contributed by atoms with E-state index >= 15 is 0 Å². The van der Waals surface area contributed by atoms with Crippen LogP contribution >= 0.6 is 23.3 Å². The summed E-state index contributed by atoms with van der Waals surface area (Å²) in [5, 5.41) is 4.60. The topological polar surface area (TPSA) is 56.5 Å². The van der Waals surface area contributed by atoms with Crippen LogP contribution in [0.15, 0.2) is 6.33 Å². The minimum atomic E-state index is 0.293. The van der Waals surface area contributed by atoms with Gasteiger partial charge in [-0.1, -0.05) is 25.4 Å². The monoisotopic (exact) mass is 229 g/mol. The molecule has 0 aliphatic carbocycles. The van der Waals surface area contributed by atoms with E-state index < -0.39 is 0 Å². The van der Waals surface area contributed by atoms with Crippen LogP contribution in [0.4, 0.5) is 0 Å². The Morgan fingerprint density at radius 1 is 1.43 bits per heavy atom. The fraction of sp³-hybridized carbons (Fsp3) is 0.429. The van der Waals surface area contributed by atoms with Crippen LogP contribution in [0.25, 0.3) is 5.82 Å². The first-order valence-corrected chi connectivity index (χ1v) is 5.19. The molecule has 0 N–H and O–H groups in total. The Labute approximate surface area is 90.1 Å². The van der Waals surface area contributed by atoms with Crippen molar-refractivity contribution < 1.29 is 0 Å². The van der Waals surface area contributed by atoms with Crippen molar-refractivity contribution in [2.75, 3.05) is 0 Å². The van der Waals surface area contributed by atoms with E-state index in [0.717, 1.165) is 17.6 Å². The van der Waals surface area contributed by atoms with Crippen LogP contribution in [0.3, 0.4) is 0 Å². The van der Waals surface area contributed by atoms with E-state index in [2.05, 4.69) is 18.8 Å². The summed E-state index contributed by atoms with van der Waals surface area (Å²) in [7, 11) is 0. The molecular weight excluding hydrogens is 222 g/mol. The van der Waals surface area contributed by atoms with Gasteiger partial charge in [0, 0.05) is 5.92 Å². The van der Waals surface area contributed by atoms with Crippen LogP contribution in [-0.4, -0.2) is 23.5 Å². The maximum absolute atomic E-state index is 5.81. The quantitative estimate of drug-likeness (QED) is 0.789. The molecular formula is C7H8ClN5S. The normalized spacial score (nSPS) is 11.1. The van der Waals surface area contributed by atoms with Crippen molar-refractivity contribution in [2.45, 2.75) is 19.8 Å². The lowest BCUT2D eigenvalue weighted by Crippen LogP contribution is -1.98. The summed E-state index contributed by atoms with van der Waals surface area (Å²) in [6.07, 6.45) is 1.60. The zero-order valence-electron chi connectivity index (χ0n) is 7.68. The third kappa shape index (κ3) is 1.62. The Bertz CT molecular complexity index is 435. The molecule has 0 spiro atoms. The molecule has 7 heteroatoms. The van der Waals surface area contributed by atoms with E-state index in [-0.39, 0.29) is 0 Å². The van der Waals surface area contributed by atoms with Gasteiger partial charge in [-0.2, -0.15) is 13.4 Å². The third-order valence-electron chi connectivity index (χ3n) is 1.68. The minimum Gasteiger partial charge on any atom is -0.219 e. The molecule has 0 saturated carbocycles. The van der Waals surface area contributed by atoms with Gasteiger partial charge in [0.2, 0.25) is 5.82 Å². The number of nitrogens with zero attached hydrogens (tertiary/aromatic N) is 5. The average Bonchev–Trinajstić information content (AvgIpc) is 2.71. The van der Waals surface area contributed by atoms with Crippen molar-refractivity contribution in [3.05, 3.63) is 17.3 Å². The summed E-state index contributed by atoms with van der Waals surface area (Å²) in [5.41, 5.74) is 0. The number of hydrogen-bond acceptors (Lipinski definition) is 5. The maximum atomic E-state index is 5.81. The molecule has 74 valence electrons. The van der Waals surface area contributed by atoms with Gasteiger partial charge < -0.3 is 0 Å². The first kappa shape index (κ1) is 9.54. The molecule has 0 aliphatic rings. The second kappa shape index (κ2) is 3.62. The molecule has 2 aromatic rings. The van der Waals surface area contributed by atoms with Gasteiger partial charge in [-0.15, -0.1) is 5.10 Å². The molecule has 0 saturated heterocycles. The number of hydrogen-bond donors (Lipinski definition) is 0. The highest BCUT2D eigenvalue weighted by molar-refractivity contribution is 6.99. The number of aromatic nitrogens is 5. The molecule has 0 radical (unpaired) electrons. The van der Waals surface area contributed by atoms with Crippen molar-refractivity contribution in [3.63, 3.8) is 0 Å². The summed E-state index contributed by atoms with van der Waals surface area (Å²) in [6.45, 7) is 4.06. The Kier molecular flexibility index (Phi) is 2.47. The summed E-state index contributed by atoms with van der Waals surface area (Å²) >= 11 is 6.87. The molecule has 0 atom stereocenters. The Hall–Kier alpha value is -1.01. The molecule has 2 aromatic heterocycles. The molecule has 0 fully saturated rings. The molecule has 0 unspecified atom stereocenters. The van der Waals surface area contributed by atoms with Crippen LogP contribution in [0.5, 0.6) is 0 Å². The molecule has 2 rings (SSSR count). The lowest BCUT2D eigenvalue weighted by molar-refractivity contribution is 0.749. The Balaban J connectivity index is 2.39. The van der Waals surface area contributed by atoms with Gasteiger partial charge >= 0.3 is 0 Å². The van der Waals surface area contributed by atoms with Crippen molar-refractivity contribution in [3.8, 4) is 5.82 Å². The standard InChI is InChI=1S/C7H8ClN5S/c1-4(2)6-9-3-13(10-6)7-5(8)11-14-12-7/h3-4H,1-2H3. The first-order chi connectivity index (χ1) is 6.68. The maximum Gasteiger partial charge on any atom is 0.207 e. The molecule has 0 amide bonds. The van der Waals surface area contributed by atoms with Crippen LogP contribution in [-0.2, 0) is 0 Å². The van der Waals surface area contributed by atoms with Gasteiger partial charge in [0.25, 0.3) is 0 Å². The fourth-order valence-corrected chi connectivity index (χ4v) is 1.67. The van der Waals surface area contributed by atoms with Crippen LogP contribution in [0, 0.1) is 0 Å². The lowest BCUT2D eigenvalue weighted by atomic mass is 10.2. The van der Waals surface area contributed by atoms with Gasteiger partial charge in [-0.3, -0.25) is 0 Å². The summed E-state index contributed by atoms with van der Waals surface area (Å²) in [6, 6.07) is 0. The summed E-state index contributed by atoms with van der Waals surface area (Å²) in [4.78, 5) is 4.14. The molecule has 5 nitrogen and oxygen atoms in total. The third-order valence-corrected chi connectivity index (χ3v) is 2.55. The lowest BCUT2D eigenvalue weighted by Gasteiger charge is -1.95. The van der Waals surface area contributed by atoms with Gasteiger partial charge in [0.15, 0.2) is 11.0 Å². The highest BCUT2D eigenvalue weighted by Gasteiger charge is 2.11. The highest BCUT2D eigenvalue weighted by atomic mass is 35.5. The van der Waals surface area contributed by atoms with Gasteiger partial charge in [0.1, 0.15) is 6.33 Å². The van der Waals surface area contributed by atoms with Crippen LogP contribution < -0.4 is 0 Å². The zero-order valence-corrected chi connectivity index (χ0v) is 9.25. The summed E-state index contributed by atoms with van der Waals surface area (Å²) < 4.78 is 9.42. The van der Waals surface area contributed by atoms with E-state index in [1.165, 1.54) is 0 Å². The van der Waals surface area contributed by atoms with Crippen molar-refractivity contribution in [1.82, 2.24) is 23.5 Å². The largest absolute Gasteiger partial charge is 0.219 e. The number of rotatable bonds is 2. The van der Waals surface area contributed by atoms with Crippen molar-refractivity contribution in [2.24, 2.45) is 0 Å². The molecule has 14 heavy (non-hydrogen) atoms. The van der Waals surface area contributed by atoms with E-state index in [1.807, 2.05) is 13.8 Å². The van der Waals surface area contributed by atoms with Gasteiger partial charge in [-0.05, 0) is 0 Å². The Morgan fingerprint density at radius 2 is 2.21 bits per heavy atom. The first-order valence-electron chi connectivity index (χ1n) is 4.08. The van der Waals surface area contributed by atoms with Crippen molar-refractivity contribution in [1.29, 1.82) is 0 Å². The molecule has 2 heterocycles. The van der Waals surface area contributed by atoms with E-state index in [9.17, 15) is 0 Å². The molecule has 0 bridgehead atoms. The molecule has 0 aliphatic heterocycles. The zero-order chi connectivity index (χ0) is 10.1. The Morgan fingerprint density at radius 3 is 2.71 bits per heavy atom. The number of halogens is 1. The smallest absolute Gasteiger partial charge is 0.207 e. The van der Waals surface area contributed by atoms with Gasteiger partial charge in [-0.25, -0.2) is 4.98 Å². The average molecular weight is 230 g/mol. The van der Waals surface area contributed by atoms with Crippen LogP contribution in [0.1, 0.15) is 25.6 Å². The minimum absolute atomic E-state index is 0.293. The van der Waals surface area contributed by atoms with Gasteiger partial charge in [0.05, 0.1) is 11.7 Å². The van der Waals surface area contributed by atoms with Crippen LogP contribution in [0.2, 0.25) is 5.15 Å². The van der Waals surface area contributed by atoms with E-state index in [0.29, 0.717) is 16.9 Å².